The molecular formula is C21H26N2O3. The molecular weight excluding hydrogens is 328 g/mol. The maximum absolute atomic E-state index is 12.6. The first-order valence-electron chi connectivity index (χ1n) is 9.14. The third-order valence-electron chi connectivity index (χ3n) is 4.68. The number of para-hydroxylation sites is 1. The molecule has 5 nitrogen and oxygen atoms in total. The number of amides is 1. The molecule has 0 radical (unpaired) electrons. The van der Waals surface area contributed by atoms with E-state index in [0.29, 0.717) is 24.9 Å². The number of carbonyl (C=O) groups is 1. The molecule has 1 amide bonds. The Kier molecular flexibility index (Phi) is 5.66. The second kappa shape index (κ2) is 8.13. The van der Waals surface area contributed by atoms with Crippen LogP contribution < -0.4 is 20.1 Å². The van der Waals surface area contributed by atoms with Crippen molar-refractivity contribution in [1.29, 1.82) is 0 Å². The van der Waals surface area contributed by atoms with E-state index in [2.05, 4.69) is 30.5 Å². The first-order chi connectivity index (χ1) is 12.6. The SMILES string of the molecule is CC[C@H](C)c1ccccc1NC(=O)[C@H](C)Nc1ccc2c(c1)OCCO2. The van der Waals surface area contributed by atoms with Gasteiger partial charge in [-0.1, -0.05) is 32.0 Å². The summed E-state index contributed by atoms with van der Waals surface area (Å²) in [6, 6.07) is 13.2. The number of ether oxygens (including phenoxy) is 2. The molecule has 2 N–H and O–H groups in total. The van der Waals surface area contributed by atoms with E-state index in [1.54, 1.807) is 0 Å². The van der Waals surface area contributed by atoms with E-state index >= 15 is 0 Å². The second-order valence-electron chi connectivity index (χ2n) is 6.61. The van der Waals surface area contributed by atoms with E-state index in [1.807, 2.05) is 43.3 Å². The molecule has 0 unspecified atom stereocenters. The number of rotatable bonds is 6. The lowest BCUT2D eigenvalue weighted by molar-refractivity contribution is -0.116. The molecule has 0 aromatic heterocycles. The first kappa shape index (κ1) is 18.1. The number of fused-ring (bicyclic) bond motifs is 1. The maximum Gasteiger partial charge on any atom is 0.246 e. The molecule has 0 saturated heterocycles. The van der Waals surface area contributed by atoms with Crippen molar-refractivity contribution in [3.05, 3.63) is 48.0 Å². The molecule has 2 aromatic rings. The molecule has 3 rings (SSSR count). The molecule has 5 heteroatoms. The predicted octanol–water partition coefficient (Wildman–Crippen LogP) is 4.41. The topological polar surface area (TPSA) is 59.6 Å². The van der Waals surface area contributed by atoms with Crippen LogP contribution in [0, 0.1) is 0 Å². The van der Waals surface area contributed by atoms with Crippen LogP contribution in [0.1, 0.15) is 38.7 Å². The Hall–Kier alpha value is -2.69. The summed E-state index contributed by atoms with van der Waals surface area (Å²) in [5.41, 5.74) is 2.87. The van der Waals surface area contributed by atoms with Gasteiger partial charge in [-0.25, -0.2) is 0 Å². The Morgan fingerprint density at radius 2 is 1.81 bits per heavy atom. The van der Waals surface area contributed by atoms with Gasteiger partial charge in [0.1, 0.15) is 19.3 Å². The number of nitrogens with one attached hydrogen (secondary N) is 2. The molecule has 0 saturated carbocycles. The fourth-order valence-electron chi connectivity index (χ4n) is 2.95. The van der Waals surface area contributed by atoms with E-state index in [4.69, 9.17) is 9.47 Å². The number of benzene rings is 2. The Morgan fingerprint density at radius 1 is 1.08 bits per heavy atom. The van der Waals surface area contributed by atoms with Crippen LogP contribution in [0.2, 0.25) is 0 Å². The van der Waals surface area contributed by atoms with E-state index in [0.717, 1.165) is 29.1 Å². The fourth-order valence-corrected chi connectivity index (χ4v) is 2.95. The van der Waals surface area contributed by atoms with Crippen molar-refractivity contribution in [2.24, 2.45) is 0 Å². The van der Waals surface area contributed by atoms with Crippen molar-refractivity contribution in [2.45, 2.75) is 39.2 Å². The van der Waals surface area contributed by atoms with Crippen molar-refractivity contribution < 1.29 is 14.3 Å². The molecule has 0 bridgehead atoms. The van der Waals surface area contributed by atoms with Crippen molar-refractivity contribution in [3.8, 4) is 11.5 Å². The Bertz CT molecular complexity index is 776. The molecule has 26 heavy (non-hydrogen) atoms. The lowest BCUT2D eigenvalue weighted by Gasteiger charge is -2.21. The summed E-state index contributed by atoms with van der Waals surface area (Å²) in [6.07, 6.45) is 1.03. The van der Waals surface area contributed by atoms with Crippen molar-refractivity contribution >= 4 is 17.3 Å². The zero-order chi connectivity index (χ0) is 18.5. The molecule has 2 atom stereocenters. The van der Waals surface area contributed by atoms with Gasteiger partial charge in [0.15, 0.2) is 11.5 Å². The van der Waals surface area contributed by atoms with Gasteiger partial charge in [-0.3, -0.25) is 4.79 Å². The highest BCUT2D eigenvalue weighted by atomic mass is 16.6. The van der Waals surface area contributed by atoms with Gasteiger partial charge in [-0.2, -0.15) is 0 Å². The van der Waals surface area contributed by atoms with Crippen LogP contribution >= 0.6 is 0 Å². The average Bonchev–Trinajstić information content (AvgIpc) is 2.67. The third-order valence-corrected chi connectivity index (χ3v) is 4.68. The van der Waals surface area contributed by atoms with Gasteiger partial charge in [0.05, 0.1) is 0 Å². The average molecular weight is 354 g/mol. The van der Waals surface area contributed by atoms with Gasteiger partial charge in [0, 0.05) is 17.4 Å². The van der Waals surface area contributed by atoms with Crippen LogP contribution in [-0.2, 0) is 4.79 Å². The van der Waals surface area contributed by atoms with Crippen molar-refractivity contribution in [3.63, 3.8) is 0 Å². The summed E-state index contributed by atoms with van der Waals surface area (Å²) in [7, 11) is 0. The highest BCUT2D eigenvalue weighted by Crippen LogP contribution is 2.33. The van der Waals surface area contributed by atoms with Gasteiger partial charge in [-0.15, -0.1) is 0 Å². The molecule has 1 aliphatic heterocycles. The standard InChI is InChI=1S/C21H26N2O3/c1-4-14(2)17-7-5-6-8-18(17)23-21(24)15(3)22-16-9-10-19-20(13-16)26-12-11-25-19/h5-10,13-15,22H,4,11-12H2,1-3H3,(H,23,24)/t14-,15-/m0/s1. The van der Waals surface area contributed by atoms with Crippen LogP contribution in [0.3, 0.4) is 0 Å². The van der Waals surface area contributed by atoms with Crippen LogP contribution in [0.5, 0.6) is 11.5 Å². The highest BCUT2D eigenvalue weighted by molar-refractivity contribution is 5.97. The Balaban J connectivity index is 1.67. The zero-order valence-electron chi connectivity index (χ0n) is 15.5. The normalized spacial score (nSPS) is 15.0. The molecule has 138 valence electrons. The smallest absolute Gasteiger partial charge is 0.246 e. The summed E-state index contributed by atoms with van der Waals surface area (Å²) < 4.78 is 11.1. The third kappa shape index (κ3) is 4.10. The number of anilines is 2. The van der Waals surface area contributed by atoms with Crippen molar-refractivity contribution in [2.75, 3.05) is 23.8 Å². The van der Waals surface area contributed by atoms with Crippen LogP contribution in [0.4, 0.5) is 11.4 Å². The number of hydrogen-bond acceptors (Lipinski definition) is 4. The Morgan fingerprint density at radius 3 is 2.58 bits per heavy atom. The fraction of sp³-hybridized carbons (Fsp3) is 0.381. The van der Waals surface area contributed by atoms with Gasteiger partial charge in [0.2, 0.25) is 5.91 Å². The molecule has 1 heterocycles. The van der Waals surface area contributed by atoms with E-state index < -0.39 is 0 Å². The minimum atomic E-state index is -0.387. The lowest BCUT2D eigenvalue weighted by Crippen LogP contribution is -2.32. The Labute approximate surface area is 154 Å². The zero-order valence-corrected chi connectivity index (χ0v) is 15.5. The summed E-state index contributed by atoms with van der Waals surface area (Å²) in [6.45, 7) is 7.27. The molecule has 1 aliphatic rings. The molecule has 0 spiro atoms. The first-order valence-corrected chi connectivity index (χ1v) is 9.14. The second-order valence-corrected chi connectivity index (χ2v) is 6.61. The molecule has 2 aromatic carbocycles. The predicted molar refractivity (Wildman–Crippen MR) is 104 cm³/mol. The molecule has 0 aliphatic carbocycles. The highest BCUT2D eigenvalue weighted by Gasteiger charge is 2.17. The quantitative estimate of drug-likeness (QED) is 0.807. The summed E-state index contributed by atoms with van der Waals surface area (Å²) in [5.74, 6) is 1.76. The van der Waals surface area contributed by atoms with E-state index in [1.165, 1.54) is 0 Å². The van der Waals surface area contributed by atoms with E-state index in [-0.39, 0.29) is 11.9 Å². The van der Waals surface area contributed by atoms with Crippen LogP contribution in [-0.4, -0.2) is 25.2 Å². The summed E-state index contributed by atoms with van der Waals surface area (Å²) in [4.78, 5) is 12.6. The maximum atomic E-state index is 12.6. The van der Waals surface area contributed by atoms with Crippen molar-refractivity contribution in [1.82, 2.24) is 0 Å². The van der Waals surface area contributed by atoms with Crippen LogP contribution in [0.15, 0.2) is 42.5 Å². The minimum Gasteiger partial charge on any atom is -0.486 e. The summed E-state index contributed by atoms with van der Waals surface area (Å²) in [5, 5.41) is 6.28. The van der Waals surface area contributed by atoms with Gasteiger partial charge in [-0.05, 0) is 43.0 Å². The van der Waals surface area contributed by atoms with Crippen LogP contribution in [0.25, 0.3) is 0 Å². The van der Waals surface area contributed by atoms with Gasteiger partial charge in [0.25, 0.3) is 0 Å². The largest absolute Gasteiger partial charge is 0.486 e. The molecule has 0 fully saturated rings. The number of hydrogen-bond donors (Lipinski definition) is 2. The van der Waals surface area contributed by atoms with Gasteiger partial charge >= 0.3 is 0 Å². The van der Waals surface area contributed by atoms with Gasteiger partial charge < -0.3 is 20.1 Å². The summed E-state index contributed by atoms with van der Waals surface area (Å²) >= 11 is 0. The monoisotopic (exact) mass is 354 g/mol. The minimum absolute atomic E-state index is 0.0735. The number of carbonyl (C=O) groups excluding carboxylic acids is 1. The lowest BCUT2D eigenvalue weighted by atomic mass is 9.97. The van der Waals surface area contributed by atoms with E-state index in [9.17, 15) is 4.79 Å².